The van der Waals surface area contributed by atoms with E-state index in [1.54, 1.807) is 22.7 Å². The fourth-order valence-corrected chi connectivity index (χ4v) is 3.22. The first kappa shape index (κ1) is 18.6. The lowest BCUT2D eigenvalue weighted by Crippen LogP contribution is -2.14. The van der Waals surface area contributed by atoms with Gasteiger partial charge in [0.25, 0.3) is 5.78 Å². The molecule has 0 amide bonds. The molecule has 29 heavy (non-hydrogen) atoms. The minimum Gasteiger partial charge on any atom is -0.497 e. The highest BCUT2D eigenvalue weighted by Gasteiger charge is 2.16. The molecule has 0 atom stereocenters. The summed E-state index contributed by atoms with van der Waals surface area (Å²) >= 11 is 0. The Morgan fingerprint density at radius 3 is 2.86 bits per heavy atom. The van der Waals surface area contributed by atoms with Crippen LogP contribution < -0.4 is 10.4 Å². The third kappa shape index (κ3) is 3.54. The molecule has 0 bridgehead atoms. The van der Waals surface area contributed by atoms with Crippen molar-refractivity contribution in [2.45, 2.75) is 26.9 Å². The number of methoxy groups -OCH3 is 1. The second-order valence-corrected chi connectivity index (χ2v) is 6.52. The Bertz CT molecular complexity index is 1290. The van der Waals surface area contributed by atoms with Gasteiger partial charge in [-0.05, 0) is 26.0 Å². The van der Waals surface area contributed by atoms with Gasteiger partial charge in [0.2, 0.25) is 0 Å². The molecule has 1 aromatic carbocycles. The first-order chi connectivity index (χ1) is 14.0. The number of benzene rings is 1. The smallest absolute Gasteiger partial charge is 0.336 e. The van der Waals surface area contributed by atoms with E-state index >= 15 is 0 Å². The van der Waals surface area contributed by atoms with Crippen LogP contribution in [0, 0.1) is 13.8 Å². The van der Waals surface area contributed by atoms with E-state index in [1.807, 2.05) is 13.8 Å². The normalized spacial score (nSPS) is 11.1. The third-order valence-corrected chi connectivity index (χ3v) is 4.74. The zero-order valence-electron chi connectivity index (χ0n) is 16.1. The molecule has 4 aromatic rings. The van der Waals surface area contributed by atoms with E-state index in [0.29, 0.717) is 33.8 Å². The molecular weight excluding hydrogens is 376 g/mol. The largest absolute Gasteiger partial charge is 0.497 e. The molecule has 0 N–H and O–H groups in total. The van der Waals surface area contributed by atoms with Gasteiger partial charge in [0.1, 0.15) is 24.3 Å². The van der Waals surface area contributed by atoms with Crippen LogP contribution in [0.2, 0.25) is 0 Å². The van der Waals surface area contributed by atoms with Crippen molar-refractivity contribution in [3.63, 3.8) is 0 Å². The highest BCUT2D eigenvalue weighted by atomic mass is 16.5. The second-order valence-electron chi connectivity index (χ2n) is 6.52. The number of fused-ring (bicyclic) bond motifs is 2. The Hall–Kier alpha value is -3.75. The Balaban J connectivity index is 1.55. The maximum absolute atomic E-state index is 12.5. The molecule has 9 nitrogen and oxygen atoms in total. The summed E-state index contributed by atoms with van der Waals surface area (Å²) in [7, 11) is 1.53. The predicted molar refractivity (Wildman–Crippen MR) is 103 cm³/mol. The Morgan fingerprint density at radius 2 is 2.07 bits per heavy atom. The van der Waals surface area contributed by atoms with E-state index in [9.17, 15) is 9.59 Å². The first-order valence-electron chi connectivity index (χ1n) is 8.88. The molecule has 0 aliphatic rings. The van der Waals surface area contributed by atoms with Crippen molar-refractivity contribution < 1.29 is 18.7 Å². The van der Waals surface area contributed by atoms with Crippen LogP contribution in [0.4, 0.5) is 0 Å². The van der Waals surface area contributed by atoms with Crippen LogP contribution in [-0.2, 0) is 22.6 Å². The van der Waals surface area contributed by atoms with Gasteiger partial charge >= 0.3 is 11.6 Å². The van der Waals surface area contributed by atoms with Crippen molar-refractivity contribution in [2.24, 2.45) is 0 Å². The molecule has 0 saturated heterocycles. The summed E-state index contributed by atoms with van der Waals surface area (Å²) in [5.41, 5.74) is 2.61. The minimum atomic E-state index is -0.524. The number of aryl methyl sites for hydroxylation is 2. The van der Waals surface area contributed by atoms with E-state index in [-0.39, 0.29) is 13.0 Å². The van der Waals surface area contributed by atoms with Crippen LogP contribution in [0.15, 0.2) is 39.8 Å². The van der Waals surface area contributed by atoms with Crippen molar-refractivity contribution in [3.8, 4) is 5.75 Å². The molecule has 3 aromatic heterocycles. The minimum absolute atomic E-state index is 0.0354. The number of esters is 1. The number of hydrogen-bond donors (Lipinski definition) is 0. The van der Waals surface area contributed by atoms with Crippen LogP contribution in [-0.4, -0.2) is 32.7 Å². The lowest BCUT2D eigenvalue weighted by atomic mass is 10.1. The standard InChI is InChI=1S/C20H18N4O5/c1-11-16(12(2)24-20(23-11)21-10-22-24)8-18(25)28-9-13-6-19(26)29-17-7-14(27-3)4-5-15(13)17/h4-7,10H,8-9H2,1-3H3. The van der Waals surface area contributed by atoms with E-state index in [2.05, 4.69) is 15.1 Å². The zero-order valence-corrected chi connectivity index (χ0v) is 16.1. The maximum Gasteiger partial charge on any atom is 0.336 e. The number of ether oxygens (including phenoxy) is 2. The number of nitrogens with zero attached hydrogens (tertiary/aromatic N) is 4. The van der Waals surface area contributed by atoms with Crippen LogP contribution >= 0.6 is 0 Å². The molecule has 9 heteroatoms. The second kappa shape index (κ2) is 7.34. The van der Waals surface area contributed by atoms with Gasteiger partial charge in [-0.1, -0.05) is 0 Å². The fourth-order valence-electron chi connectivity index (χ4n) is 3.22. The maximum atomic E-state index is 12.5. The van der Waals surface area contributed by atoms with Crippen LogP contribution in [0.25, 0.3) is 16.7 Å². The number of rotatable bonds is 5. The number of carbonyl (C=O) groups is 1. The van der Waals surface area contributed by atoms with Crippen molar-refractivity contribution in [1.29, 1.82) is 0 Å². The molecule has 0 aliphatic heterocycles. The first-order valence-corrected chi connectivity index (χ1v) is 8.88. The van der Waals surface area contributed by atoms with Crippen molar-refractivity contribution >= 4 is 22.7 Å². The van der Waals surface area contributed by atoms with Gasteiger partial charge < -0.3 is 13.9 Å². The average Bonchev–Trinajstić information content (AvgIpc) is 3.17. The van der Waals surface area contributed by atoms with E-state index in [4.69, 9.17) is 13.9 Å². The van der Waals surface area contributed by atoms with Crippen LogP contribution in [0.3, 0.4) is 0 Å². The molecule has 148 valence electrons. The lowest BCUT2D eigenvalue weighted by molar-refractivity contribution is -0.144. The molecule has 0 radical (unpaired) electrons. The van der Waals surface area contributed by atoms with E-state index in [0.717, 1.165) is 11.3 Å². The molecule has 4 rings (SSSR count). The molecule has 0 saturated carbocycles. The van der Waals surface area contributed by atoms with Crippen molar-refractivity contribution in [1.82, 2.24) is 19.6 Å². The van der Waals surface area contributed by atoms with Gasteiger partial charge in [0.05, 0.1) is 13.5 Å². The SMILES string of the molecule is COc1ccc2c(COC(=O)Cc3c(C)nc4ncnn4c3C)cc(=O)oc2c1. The highest BCUT2D eigenvalue weighted by molar-refractivity contribution is 5.82. The van der Waals surface area contributed by atoms with Gasteiger partial charge in [0, 0.05) is 40.0 Å². The fraction of sp³-hybridized carbons (Fsp3) is 0.250. The summed E-state index contributed by atoms with van der Waals surface area (Å²) in [5, 5.41) is 4.79. The van der Waals surface area contributed by atoms with Crippen LogP contribution in [0.5, 0.6) is 5.75 Å². The summed E-state index contributed by atoms with van der Waals surface area (Å²) in [4.78, 5) is 32.7. The van der Waals surface area contributed by atoms with E-state index in [1.165, 1.54) is 19.5 Å². The van der Waals surface area contributed by atoms with Gasteiger partial charge in [-0.2, -0.15) is 10.1 Å². The molecular formula is C20H18N4O5. The molecule has 0 unspecified atom stereocenters. The highest BCUT2D eigenvalue weighted by Crippen LogP contribution is 2.23. The summed E-state index contributed by atoms with van der Waals surface area (Å²) in [5.74, 6) is 0.610. The average molecular weight is 394 g/mol. The van der Waals surface area contributed by atoms with E-state index < -0.39 is 11.6 Å². The quantitative estimate of drug-likeness (QED) is 0.374. The Kier molecular flexibility index (Phi) is 4.71. The molecule has 0 aliphatic carbocycles. The summed E-state index contributed by atoms with van der Waals surface area (Å²) in [6.45, 7) is 3.61. The third-order valence-electron chi connectivity index (χ3n) is 4.74. The number of aromatic nitrogens is 4. The monoisotopic (exact) mass is 394 g/mol. The van der Waals surface area contributed by atoms with Crippen LogP contribution in [0.1, 0.15) is 22.5 Å². The summed E-state index contributed by atoms with van der Waals surface area (Å²) in [6, 6.07) is 6.45. The topological polar surface area (TPSA) is 109 Å². The van der Waals surface area contributed by atoms with Crippen molar-refractivity contribution in [2.75, 3.05) is 7.11 Å². The predicted octanol–water partition coefficient (Wildman–Crippen LogP) is 2.14. The van der Waals surface area contributed by atoms with Gasteiger partial charge in [0.15, 0.2) is 0 Å². The Labute approximate surface area is 164 Å². The lowest BCUT2D eigenvalue weighted by Gasteiger charge is -2.11. The van der Waals surface area contributed by atoms with Crippen molar-refractivity contribution in [3.05, 3.63) is 63.5 Å². The number of hydrogen-bond acceptors (Lipinski definition) is 8. The van der Waals surface area contributed by atoms with Gasteiger partial charge in [-0.15, -0.1) is 0 Å². The summed E-state index contributed by atoms with van der Waals surface area (Å²) < 4.78 is 17.4. The van der Waals surface area contributed by atoms with Gasteiger partial charge in [-0.25, -0.2) is 14.3 Å². The number of carbonyl (C=O) groups excluding carboxylic acids is 1. The zero-order chi connectivity index (χ0) is 20.5. The molecule has 0 fully saturated rings. The molecule has 0 spiro atoms. The summed E-state index contributed by atoms with van der Waals surface area (Å²) in [6.07, 6.45) is 1.45. The van der Waals surface area contributed by atoms with Gasteiger partial charge in [-0.3, -0.25) is 4.79 Å². The molecule has 3 heterocycles. The Morgan fingerprint density at radius 1 is 1.24 bits per heavy atom.